The number of ketones is 1. The van der Waals surface area contributed by atoms with Gasteiger partial charge in [-0.05, 0) is 56.2 Å². The summed E-state index contributed by atoms with van der Waals surface area (Å²) in [4.78, 5) is 38.2. The summed E-state index contributed by atoms with van der Waals surface area (Å²) in [6, 6.07) is 9.69. The van der Waals surface area contributed by atoms with Crippen molar-refractivity contribution in [3.05, 3.63) is 69.7 Å². The van der Waals surface area contributed by atoms with Crippen molar-refractivity contribution in [2.24, 2.45) is 0 Å². The highest BCUT2D eigenvalue weighted by molar-refractivity contribution is 7.15. The molecule has 0 saturated heterocycles. The molecule has 2 aromatic carbocycles. The first-order chi connectivity index (χ1) is 15.0. The SMILES string of the molecule is CC(=O)OOc1ccc(C(=O)CCc2sc(-c3ccc(C(F)(F)F)cc3)nc2C)cc1C. The van der Waals surface area contributed by atoms with Crippen molar-refractivity contribution in [3.63, 3.8) is 0 Å². The van der Waals surface area contributed by atoms with Gasteiger partial charge >= 0.3 is 12.1 Å². The molecule has 168 valence electrons. The fourth-order valence-corrected chi connectivity index (χ4v) is 4.04. The molecule has 0 aliphatic rings. The number of thiazole rings is 1. The standard InChI is InChI=1S/C23H20F3NO4S/c1-13-12-17(6-10-20(13)31-30-15(3)28)19(29)9-11-21-14(2)27-22(32-21)16-4-7-18(8-5-16)23(24,25)26/h4-8,10,12H,9,11H2,1-3H3. The lowest BCUT2D eigenvalue weighted by atomic mass is 10.0. The Bertz CT molecular complexity index is 1140. The maximum Gasteiger partial charge on any atom is 0.416 e. The van der Waals surface area contributed by atoms with E-state index in [9.17, 15) is 22.8 Å². The lowest BCUT2D eigenvalue weighted by Crippen LogP contribution is -2.05. The number of halogens is 3. The van der Waals surface area contributed by atoms with Gasteiger partial charge in [-0.1, -0.05) is 12.1 Å². The summed E-state index contributed by atoms with van der Waals surface area (Å²) in [5.41, 5.74) is 1.79. The third-order valence-corrected chi connectivity index (χ3v) is 5.94. The van der Waals surface area contributed by atoms with Gasteiger partial charge in [-0.25, -0.2) is 9.78 Å². The number of alkyl halides is 3. The van der Waals surface area contributed by atoms with Crippen LogP contribution in [0.2, 0.25) is 0 Å². The molecule has 3 rings (SSSR count). The summed E-state index contributed by atoms with van der Waals surface area (Å²) in [6.45, 7) is 4.77. The zero-order valence-electron chi connectivity index (χ0n) is 17.6. The van der Waals surface area contributed by atoms with Crippen LogP contribution in [0.15, 0.2) is 42.5 Å². The van der Waals surface area contributed by atoms with Crippen molar-refractivity contribution in [2.75, 3.05) is 0 Å². The van der Waals surface area contributed by atoms with Crippen molar-refractivity contribution >= 4 is 23.1 Å². The minimum atomic E-state index is -4.38. The van der Waals surface area contributed by atoms with E-state index in [1.165, 1.54) is 30.4 Å². The summed E-state index contributed by atoms with van der Waals surface area (Å²) < 4.78 is 38.3. The van der Waals surface area contributed by atoms with Crippen LogP contribution < -0.4 is 4.89 Å². The molecule has 9 heteroatoms. The van der Waals surface area contributed by atoms with Gasteiger partial charge in [-0.3, -0.25) is 14.6 Å². The summed E-state index contributed by atoms with van der Waals surface area (Å²) in [6.07, 6.45) is -3.67. The Kier molecular flexibility index (Phi) is 6.98. The first-order valence-electron chi connectivity index (χ1n) is 9.67. The Morgan fingerprint density at radius 3 is 2.34 bits per heavy atom. The van der Waals surface area contributed by atoms with Crippen LogP contribution in [0, 0.1) is 13.8 Å². The van der Waals surface area contributed by atoms with Crippen LogP contribution in [-0.4, -0.2) is 16.7 Å². The lowest BCUT2D eigenvalue weighted by Gasteiger charge is -2.07. The molecule has 0 fully saturated rings. The minimum absolute atomic E-state index is 0.0731. The highest BCUT2D eigenvalue weighted by Crippen LogP contribution is 2.33. The van der Waals surface area contributed by atoms with Crippen molar-refractivity contribution in [3.8, 4) is 16.3 Å². The molecule has 0 saturated carbocycles. The predicted octanol–water partition coefficient (Wildman–Crippen LogP) is 6.12. The normalized spacial score (nSPS) is 11.3. The Hall–Kier alpha value is -3.20. The van der Waals surface area contributed by atoms with Gasteiger partial charge in [0.05, 0.1) is 11.3 Å². The minimum Gasteiger partial charge on any atom is -0.294 e. The van der Waals surface area contributed by atoms with Gasteiger partial charge < -0.3 is 0 Å². The number of carbonyl (C=O) groups excluding carboxylic acids is 2. The zero-order chi connectivity index (χ0) is 23.5. The van der Waals surface area contributed by atoms with E-state index < -0.39 is 17.7 Å². The molecular formula is C23H20F3NO4S. The van der Waals surface area contributed by atoms with Crippen LogP contribution in [0.25, 0.3) is 10.6 Å². The van der Waals surface area contributed by atoms with Crippen LogP contribution in [0.5, 0.6) is 5.75 Å². The van der Waals surface area contributed by atoms with Crippen LogP contribution in [0.4, 0.5) is 13.2 Å². The topological polar surface area (TPSA) is 65.5 Å². The molecule has 0 N–H and O–H groups in total. The molecule has 0 bridgehead atoms. The van der Waals surface area contributed by atoms with Gasteiger partial charge in [0, 0.05) is 29.3 Å². The van der Waals surface area contributed by atoms with Crippen molar-refractivity contribution < 1.29 is 32.5 Å². The molecule has 0 aliphatic carbocycles. The van der Waals surface area contributed by atoms with Crippen molar-refractivity contribution in [2.45, 2.75) is 39.8 Å². The average molecular weight is 463 g/mol. The van der Waals surface area contributed by atoms with E-state index >= 15 is 0 Å². The maximum atomic E-state index is 12.8. The van der Waals surface area contributed by atoms with Gasteiger partial charge in [0.2, 0.25) is 0 Å². The predicted molar refractivity (Wildman–Crippen MR) is 114 cm³/mol. The highest BCUT2D eigenvalue weighted by Gasteiger charge is 2.30. The summed E-state index contributed by atoms with van der Waals surface area (Å²) in [5.74, 6) is -0.313. The number of aromatic nitrogens is 1. The van der Waals surface area contributed by atoms with E-state index in [-0.39, 0.29) is 12.2 Å². The van der Waals surface area contributed by atoms with E-state index in [1.807, 2.05) is 6.92 Å². The molecule has 32 heavy (non-hydrogen) atoms. The smallest absolute Gasteiger partial charge is 0.294 e. The molecule has 1 aromatic heterocycles. The third-order valence-electron chi connectivity index (χ3n) is 4.68. The van der Waals surface area contributed by atoms with Crippen LogP contribution in [0.1, 0.15) is 45.4 Å². The van der Waals surface area contributed by atoms with Gasteiger partial charge in [0.1, 0.15) is 5.01 Å². The second-order valence-corrected chi connectivity index (χ2v) is 8.25. The van der Waals surface area contributed by atoms with Gasteiger partial charge in [-0.2, -0.15) is 13.2 Å². The highest BCUT2D eigenvalue weighted by atomic mass is 32.1. The Balaban J connectivity index is 1.66. The van der Waals surface area contributed by atoms with E-state index in [2.05, 4.69) is 9.87 Å². The number of carbonyl (C=O) groups is 2. The van der Waals surface area contributed by atoms with E-state index in [0.717, 1.165) is 22.7 Å². The Morgan fingerprint density at radius 1 is 1.06 bits per heavy atom. The van der Waals surface area contributed by atoms with Crippen LogP contribution in [-0.2, 0) is 22.3 Å². The number of hydrogen-bond acceptors (Lipinski definition) is 6. The second-order valence-electron chi connectivity index (χ2n) is 7.16. The van der Waals surface area contributed by atoms with Crippen molar-refractivity contribution in [1.29, 1.82) is 0 Å². The molecule has 3 aromatic rings. The fraction of sp³-hybridized carbons (Fsp3) is 0.261. The zero-order valence-corrected chi connectivity index (χ0v) is 18.4. The largest absolute Gasteiger partial charge is 0.416 e. The number of Topliss-reactive ketones (excluding diaryl/α,β-unsaturated/α-hetero) is 1. The second kappa shape index (κ2) is 9.52. The molecule has 0 amide bonds. The van der Waals surface area contributed by atoms with Crippen LogP contribution >= 0.6 is 11.3 Å². The maximum absolute atomic E-state index is 12.8. The first kappa shape index (κ1) is 23.5. The van der Waals surface area contributed by atoms with E-state index in [0.29, 0.717) is 33.9 Å². The summed E-state index contributed by atoms with van der Waals surface area (Å²) in [7, 11) is 0. The Labute approximate surface area is 186 Å². The third kappa shape index (κ3) is 5.73. The Morgan fingerprint density at radius 2 is 1.75 bits per heavy atom. The van der Waals surface area contributed by atoms with Gasteiger partial charge in [0.25, 0.3) is 0 Å². The molecule has 0 atom stereocenters. The first-order valence-corrected chi connectivity index (χ1v) is 10.5. The molecule has 0 spiro atoms. The number of aryl methyl sites for hydroxylation is 3. The van der Waals surface area contributed by atoms with E-state index in [4.69, 9.17) is 4.89 Å². The molecular weight excluding hydrogens is 443 g/mol. The molecule has 0 unspecified atom stereocenters. The fourth-order valence-electron chi connectivity index (χ4n) is 2.98. The molecule has 0 radical (unpaired) electrons. The molecule has 1 heterocycles. The molecule has 0 aliphatic heterocycles. The van der Waals surface area contributed by atoms with Crippen LogP contribution in [0.3, 0.4) is 0 Å². The van der Waals surface area contributed by atoms with E-state index in [1.54, 1.807) is 25.1 Å². The number of benzene rings is 2. The molecule has 5 nitrogen and oxygen atoms in total. The average Bonchev–Trinajstić information content (AvgIpc) is 3.11. The lowest BCUT2D eigenvalue weighted by molar-refractivity contribution is -0.211. The number of rotatable bonds is 7. The quantitative estimate of drug-likeness (QED) is 0.240. The van der Waals surface area contributed by atoms with Gasteiger partial charge in [0.15, 0.2) is 11.5 Å². The summed E-state index contributed by atoms with van der Waals surface area (Å²) in [5, 5.41) is 0.612. The monoisotopic (exact) mass is 463 g/mol. The van der Waals surface area contributed by atoms with Crippen molar-refractivity contribution in [1.82, 2.24) is 4.98 Å². The number of nitrogens with zero attached hydrogens (tertiary/aromatic N) is 1. The summed E-state index contributed by atoms with van der Waals surface area (Å²) >= 11 is 1.36. The number of hydrogen-bond donors (Lipinski definition) is 0. The van der Waals surface area contributed by atoms with Gasteiger partial charge in [-0.15, -0.1) is 11.3 Å².